The third-order valence-corrected chi connectivity index (χ3v) is 7.16. The Kier molecular flexibility index (Phi) is 6.79. The lowest BCUT2D eigenvalue weighted by Crippen LogP contribution is -2.42. The topological polar surface area (TPSA) is 93.1 Å². The van der Waals surface area contributed by atoms with E-state index in [4.69, 9.17) is 4.98 Å². The maximum atomic E-state index is 13.3. The molecule has 3 rings (SSSR count). The number of urea groups is 1. The molecule has 2 atom stereocenters. The number of nitrogens with one attached hydrogen (secondary N) is 2. The van der Waals surface area contributed by atoms with E-state index in [1.54, 1.807) is 35.8 Å². The van der Waals surface area contributed by atoms with E-state index in [9.17, 15) is 14.4 Å². The number of hydrogen-bond acceptors (Lipinski definition) is 6. The summed E-state index contributed by atoms with van der Waals surface area (Å²) in [6.45, 7) is 10.2. The third-order valence-electron chi connectivity index (χ3n) is 4.92. The fraction of sp³-hybridized carbons (Fsp3) is 0.500. The number of hydrogen-bond donors (Lipinski definition) is 2. The average molecular weight is 435 g/mol. The monoisotopic (exact) mass is 434 g/mol. The van der Waals surface area contributed by atoms with E-state index in [0.29, 0.717) is 29.6 Å². The van der Waals surface area contributed by atoms with Crippen LogP contribution < -0.4 is 16.2 Å². The molecule has 1 aliphatic carbocycles. The van der Waals surface area contributed by atoms with E-state index in [2.05, 4.69) is 24.1 Å². The number of imide groups is 1. The molecule has 3 amide bonds. The van der Waals surface area contributed by atoms with Gasteiger partial charge in [-0.25, -0.2) is 9.78 Å². The fourth-order valence-corrected chi connectivity index (χ4v) is 5.76. The second kappa shape index (κ2) is 9.13. The first-order valence-corrected chi connectivity index (χ1v) is 11.5. The zero-order valence-electron chi connectivity index (χ0n) is 16.9. The van der Waals surface area contributed by atoms with Crippen molar-refractivity contribution in [2.24, 2.45) is 5.92 Å². The molecule has 0 fully saturated rings. The summed E-state index contributed by atoms with van der Waals surface area (Å²) >= 11 is 2.76. The number of amides is 3. The van der Waals surface area contributed by atoms with Crippen molar-refractivity contribution in [2.75, 3.05) is 6.54 Å². The van der Waals surface area contributed by atoms with Crippen LogP contribution in [-0.4, -0.2) is 33.3 Å². The molecule has 2 aromatic rings. The molecule has 2 aromatic heterocycles. The molecule has 2 unspecified atom stereocenters. The summed E-state index contributed by atoms with van der Waals surface area (Å²) in [5, 5.41) is 5.42. The molecule has 0 aliphatic heterocycles. The van der Waals surface area contributed by atoms with Gasteiger partial charge in [-0.2, -0.15) is 0 Å². The maximum Gasteiger partial charge on any atom is 0.321 e. The quantitative estimate of drug-likeness (QED) is 0.414. The van der Waals surface area contributed by atoms with Crippen LogP contribution in [0.1, 0.15) is 37.6 Å². The highest BCUT2D eigenvalue weighted by molar-refractivity contribution is 8.00. The van der Waals surface area contributed by atoms with Crippen LogP contribution in [0, 0.1) is 5.92 Å². The van der Waals surface area contributed by atoms with Gasteiger partial charge in [-0.15, -0.1) is 17.9 Å². The van der Waals surface area contributed by atoms with Crippen molar-refractivity contribution in [3.8, 4) is 0 Å². The molecule has 0 spiro atoms. The number of aromatic nitrogens is 2. The number of nitrogens with zero attached hydrogens (tertiary/aromatic N) is 2. The Morgan fingerprint density at radius 2 is 2.24 bits per heavy atom. The summed E-state index contributed by atoms with van der Waals surface area (Å²) < 4.78 is 1.57. The van der Waals surface area contributed by atoms with Crippen molar-refractivity contribution in [1.82, 2.24) is 20.2 Å². The summed E-state index contributed by atoms with van der Waals surface area (Å²) in [6, 6.07) is -0.531. The van der Waals surface area contributed by atoms with E-state index in [0.717, 1.165) is 29.7 Å². The van der Waals surface area contributed by atoms with E-state index in [1.165, 1.54) is 16.6 Å². The molecule has 29 heavy (non-hydrogen) atoms. The largest absolute Gasteiger partial charge is 0.338 e. The predicted molar refractivity (Wildman–Crippen MR) is 118 cm³/mol. The second-order valence-electron chi connectivity index (χ2n) is 7.24. The Morgan fingerprint density at radius 3 is 2.93 bits per heavy atom. The lowest BCUT2D eigenvalue weighted by atomic mass is 9.89. The molecular formula is C20H26N4O3S2. The van der Waals surface area contributed by atoms with Gasteiger partial charge in [0.05, 0.1) is 10.6 Å². The number of aryl methyl sites for hydroxylation is 1. The first-order chi connectivity index (χ1) is 13.8. The van der Waals surface area contributed by atoms with Crippen LogP contribution in [0.25, 0.3) is 10.2 Å². The van der Waals surface area contributed by atoms with Crippen molar-refractivity contribution in [3.63, 3.8) is 0 Å². The number of fused-ring (bicyclic) bond motifs is 3. The molecular weight excluding hydrogens is 408 g/mol. The Bertz CT molecular complexity index is 1010. The van der Waals surface area contributed by atoms with Crippen molar-refractivity contribution < 1.29 is 9.59 Å². The lowest BCUT2D eigenvalue weighted by molar-refractivity contribution is -0.119. The zero-order valence-corrected chi connectivity index (χ0v) is 18.5. The van der Waals surface area contributed by atoms with Gasteiger partial charge in [0.1, 0.15) is 4.83 Å². The number of thioether (sulfide) groups is 1. The lowest BCUT2D eigenvalue weighted by Gasteiger charge is -2.18. The molecule has 7 nitrogen and oxygen atoms in total. The van der Waals surface area contributed by atoms with Crippen LogP contribution in [0.4, 0.5) is 4.79 Å². The van der Waals surface area contributed by atoms with Crippen molar-refractivity contribution >= 4 is 45.3 Å². The van der Waals surface area contributed by atoms with Crippen LogP contribution in [0.2, 0.25) is 0 Å². The molecule has 0 saturated heterocycles. The average Bonchev–Trinajstić information content (AvgIpc) is 3.02. The summed E-state index contributed by atoms with van der Waals surface area (Å²) in [6.07, 6.45) is 4.61. The fourth-order valence-electron chi connectivity index (χ4n) is 3.41. The van der Waals surface area contributed by atoms with Crippen molar-refractivity contribution in [2.45, 2.75) is 57.0 Å². The number of carbonyl (C=O) groups is 2. The Labute approximate surface area is 178 Å². The van der Waals surface area contributed by atoms with Crippen LogP contribution >= 0.6 is 23.1 Å². The molecule has 0 bridgehead atoms. The number of allylic oxidation sites excluding steroid dienone is 1. The van der Waals surface area contributed by atoms with Crippen molar-refractivity contribution in [1.29, 1.82) is 0 Å². The Balaban J connectivity index is 1.96. The highest BCUT2D eigenvalue weighted by Gasteiger charge is 2.26. The zero-order chi connectivity index (χ0) is 21.1. The SMILES string of the molecule is C=CCn1c(SC(C)C(=O)NC(=O)NCC)nc2sc3c(c2c1=O)CCC(C)C3. The van der Waals surface area contributed by atoms with Crippen LogP contribution in [0.15, 0.2) is 22.6 Å². The number of carbonyl (C=O) groups excluding carboxylic acids is 2. The van der Waals surface area contributed by atoms with Crippen LogP contribution in [0.5, 0.6) is 0 Å². The molecule has 1 aliphatic rings. The van der Waals surface area contributed by atoms with Gasteiger partial charge in [0.2, 0.25) is 5.91 Å². The van der Waals surface area contributed by atoms with Crippen molar-refractivity contribution in [3.05, 3.63) is 33.4 Å². The van der Waals surface area contributed by atoms with Gasteiger partial charge in [0.15, 0.2) is 5.16 Å². The smallest absolute Gasteiger partial charge is 0.321 e. The van der Waals surface area contributed by atoms with Gasteiger partial charge in [-0.05, 0) is 44.6 Å². The van der Waals surface area contributed by atoms with E-state index < -0.39 is 17.2 Å². The summed E-state index contributed by atoms with van der Waals surface area (Å²) in [7, 11) is 0. The van der Waals surface area contributed by atoms with Gasteiger partial charge < -0.3 is 5.32 Å². The number of thiophene rings is 1. The van der Waals surface area contributed by atoms with Gasteiger partial charge >= 0.3 is 6.03 Å². The molecule has 2 N–H and O–H groups in total. The normalized spacial score (nSPS) is 16.9. The molecule has 0 radical (unpaired) electrons. The number of rotatable bonds is 6. The Morgan fingerprint density at radius 1 is 1.48 bits per heavy atom. The van der Waals surface area contributed by atoms with Crippen LogP contribution in [0.3, 0.4) is 0 Å². The molecule has 0 saturated carbocycles. The first kappa shape index (κ1) is 21.6. The summed E-state index contributed by atoms with van der Waals surface area (Å²) in [4.78, 5) is 43.9. The first-order valence-electron chi connectivity index (χ1n) is 9.77. The minimum absolute atomic E-state index is 0.0826. The predicted octanol–water partition coefficient (Wildman–Crippen LogP) is 3.10. The maximum absolute atomic E-state index is 13.3. The van der Waals surface area contributed by atoms with Gasteiger partial charge in [0, 0.05) is 18.0 Å². The van der Waals surface area contributed by atoms with Gasteiger partial charge in [-0.1, -0.05) is 24.8 Å². The third kappa shape index (κ3) is 4.56. The Hall–Kier alpha value is -2.13. The molecule has 0 aromatic carbocycles. The minimum Gasteiger partial charge on any atom is -0.338 e. The second-order valence-corrected chi connectivity index (χ2v) is 9.63. The standard InChI is InChI=1S/C20H26N4O3S2/c1-5-9-24-18(26)15-13-8-7-11(3)10-14(13)29-17(15)23-20(24)28-12(4)16(25)22-19(27)21-6-2/h5,11-12H,1,6-10H2,2-4H3,(H2,21,22,25,27). The molecule has 2 heterocycles. The van der Waals surface area contributed by atoms with E-state index >= 15 is 0 Å². The van der Waals surface area contributed by atoms with Gasteiger partial charge in [0.25, 0.3) is 5.56 Å². The van der Waals surface area contributed by atoms with E-state index in [-0.39, 0.29) is 5.56 Å². The summed E-state index contributed by atoms with van der Waals surface area (Å²) in [5.74, 6) is 0.178. The molecule has 156 valence electrons. The highest BCUT2D eigenvalue weighted by atomic mass is 32.2. The van der Waals surface area contributed by atoms with E-state index in [1.807, 2.05) is 0 Å². The van der Waals surface area contributed by atoms with Gasteiger partial charge in [-0.3, -0.25) is 19.5 Å². The molecule has 9 heteroatoms. The minimum atomic E-state index is -0.590. The highest BCUT2D eigenvalue weighted by Crippen LogP contribution is 2.36. The summed E-state index contributed by atoms with van der Waals surface area (Å²) in [5.41, 5.74) is 1.05. The van der Waals surface area contributed by atoms with Crippen LogP contribution in [-0.2, 0) is 24.2 Å².